The van der Waals surface area contributed by atoms with Crippen LogP contribution in [0.4, 0.5) is 5.69 Å². The second-order valence-corrected chi connectivity index (χ2v) is 10.9. The number of hydrogen-bond donors (Lipinski definition) is 1. The first-order valence-electron chi connectivity index (χ1n) is 10.4. The molecule has 0 spiro atoms. The average Bonchev–Trinajstić information content (AvgIpc) is 3.16. The van der Waals surface area contributed by atoms with E-state index >= 15 is 0 Å². The molecular formula is C21H34ClN3O3S. The smallest absolute Gasteiger partial charge is 0.243 e. The van der Waals surface area contributed by atoms with E-state index in [0.29, 0.717) is 48.6 Å². The van der Waals surface area contributed by atoms with Gasteiger partial charge in [-0.25, -0.2) is 8.42 Å². The number of halogens is 1. The molecular weight excluding hydrogens is 410 g/mol. The fourth-order valence-corrected chi connectivity index (χ4v) is 5.31. The van der Waals surface area contributed by atoms with Crippen LogP contribution in [0.1, 0.15) is 47.0 Å². The molecule has 0 bridgehead atoms. The van der Waals surface area contributed by atoms with Crippen LogP contribution in [0, 0.1) is 11.8 Å². The van der Waals surface area contributed by atoms with Gasteiger partial charge in [-0.2, -0.15) is 4.31 Å². The van der Waals surface area contributed by atoms with Gasteiger partial charge in [-0.3, -0.25) is 4.79 Å². The van der Waals surface area contributed by atoms with Crippen LogP contribution in [0.15, 0.2) is 23.1 Å². The lowest BCUT2D eigenvalue weighted by atomic mass is 10.1. The van der Waals surface area contributed by atoms with Gasteiger partial charge in [0, 0.05) is 39.1 Å². The minimum Gasteiger partial charge on any atom is -0.325 e. The van der Waals surface area contributed by atoms with Crippen molar-refractivity contribution in [3.05, 3.63) is 23.2 Å². The van der Waals surface area contributed by atoms with Crippen LogP contribution in [-0.4, -0.2) is 56.3 Å². The van der Waals surface area contributed by atoms with Crippen molar-refractivity contribution < 1.29 is 13.2 Å². The summed E-state index contributed by atoms with van der Waals surface area (Å²) in [7, 11) is -3.55. The van der Waals surface area contributed by atoms with E-state index in [4.69, 9.17) is 11.6 Å². The predicted octanol–water partition coefficient (Wildman–Crippen LogP) is 4.07. The van der Waals surface area contributed by atoms with Gasteiger partial charge in [-0.1, -0.05) is 39.3 Å². The molecule has 1 N–H and O–H groups in total. The Morgan fingerprint density at radius 3 is 2.28 bits per heavy atom. The van der Waals surface area contributed by atoms with Crippen molar-refractivity contribution in [2.45, 2.75) is 51.9 Å². The highest BCUT2D eigenvalue weighted by Crippen LogP contribution is 2.28. The first-order valence-corrected chi connectivity index (χ1v) is 12.2. The molecule has 1 amide bonds. The van der Waals surface area contributed by atoms with E-state index in [1.165, 1.54) is 22.5 Å². The van der Waals surface area contributed by atoms with E-state index in [1.807, 2.05) is 0 Å². The third-order valence-electron chi connectivity index (χ3n) is 4.82. The lowest BCUT2D eigenvalue weighted by Crippen LogP contribution is -2.34. The molecule has 1 aliphatic heterocycles. The van der Waals surface area contributed by atoms with Gasteiger partial charge < -0.3 is 10.2 Å². The van der Waals surface area contributed by atoms with E-state index < -0.39 is 10.0 Å². The van der Waals surface area contributed by atoms with E-state index in [-0.39, 0.29) is 10.8 Å². The van der Waals surface area contributed by atoms with E-state index in [9.17, 15) is 13.2 Å². The molecule has 0 unspecified atom stereocenters. The second-order valence-electron chi connectivity index (χ2n) is 8.60. The Morgan fingerprint density at radius 2 is 1.72 bits per heavy atom. The number of nitrogens with zero attached hydrogens (tertiary/aromatic N) is 2. The second kappa shape index (κ2) is 10.8. The number of carbonyl (C=O) groups is 1. The van der Waals surface area contributed by atoms with Gasteiger partial charge >= 0.3 is 0 Å². The summed E-state index contributed by atoms with van der Waals surface area (Å²) < 4.78 is 27.0. The Hall–Kier alpha value is -1.15. The number of benzene rings is 1. The minimum absolute atomic E-state index is 0.167. The number of hydrogen-bond acceptors (Lipinski definition) is 4. The summed E-state index contributed by atoms with van der Waals surface area (Å²) in [6, 6.07) is 4.50. The number of amides is 1. The zero-order chi connectivity index (χ0) is 21.6. The predicted molar refractivity (Wildman–Crippen MR) is 119 cm³/mol. The maximum Gasteiger partial charge on any atom is 0.243 e. The summed E-state index contributed by atoms with van der Waals surface area (Å²) in [6.07, 6.45) is 2.08. The van der Waals surface area contributed by atoms with Crippen LogP contribution in [0.5, 0.6) is 0 Å². The van der Waals surface area contributed by atoms with Gasteiger partial charge in [0.25, 0.3) is 0 Å². The average molecular weight is 444 g/mol. The number of nitrogens with one attached hydrogen (secondary N) is 1. The Balaban J connectivity index is 2.04. The Kier molecular flexibility index (Phi) is 8.94. The summed E-state index contributed by atoms with van der Waals surface area (Å²) >= 11 is 6.22. The standard InChI is InChI=1S/C21H34ClN3O3S/c1-16(2)14-24(15-17(3)4)12-9-21(26)23-20-13-18(7-8-19(20)22)29(27,28)25-10-5-6-11-25/h7-8,13,16-17H,5-6,9-12,14-15H2,1-4H3,(H,23,26). The molecule has 6 nitrogen and oxygen atoms in total. The monoisotopic (exact) mass is 443 g/mol. The van der Waals surface area contributed by atoms with Crippen LogP contribution in [0.25, 0.3) is 0 Å². The molecule has 8 heteroatoms. The third-order valence-corrected chi connectivity index (χ3v) is 7.04. The molecule has 1 aromatic rings. The molecule has 29 heavy (non-hydrogen) atoms. The van der Waals surface area contributed by atoms with Crippen molar-refractivity contribution in [2.75, 3.05) is 38.0 Å². The molecule has 1 fully saturated rings. The third kappa shape index (κ3) is 7.24. The summed E-state index contributed by atoms with van der Waals surface area (Å²) in [6.45, 7) is 12.3. The number of sulfonamides is 1. The highest BCUT2D eigenvalue weighted by molar-refractivity contribution is 7.89. The fourth-order valence-electron chi connectivity index (χ4n) is 3.60. The number of rotatable bonds is 10. The van der Waals surface area contributed by atoms with Crippen molar-refractivity contribution in [1.82, 2.24) is 9.21 Å². The van der Waals surface area contributed by atoms with Gasteiger partial charge in [-0.15, -0.1) is 0 Å². The van der Waals surface area contributed by atoms with Gasteiger partial charge in [0.2, 0.25) is 15.9 Å². The van der Waals surface area contributed by atoms with Gasteiger partial charge in [0.05, 0.1) is 15.6 Å². The lowest BCUT2D eigenvalue weighted by Gasteiger charge is -2.25. The largest absolute Gasteiger partial charge is 0.325 e. The number of anilines is 1. The van der Waals surface area contributed by atoms with Crippen LogP contribution in [-0.2, 0) is 14.8 Å². The molecule has 2 rings (SSSR count). The first kappa shape index (κ1) is 24.1. The lowest BCUT2D eigenvalue weighted by molar-refractivity contribution is -0.116. The van der Waals surface area contributed by atoms with Gasteiger partial charge in [-0.05, 0) is 42.9 Å². The molecule has 1 heterocycles. The van der Waals surface area contributed by atoms with Crippen LogP contribution in [0.2, 0.25) is 5.02 Å². The van der Waals surface area contributed by atoms with Crippen LogP contribution >= 0.6 is 11.6 Å². The molecule has 1 aliphatic rings. The summed E-state index contributed by atoms with van der Waals surface area (Å²) in [5.41, 5.74) is 0.344. The normalized spacial score (nSPS) is 15.6. The first-order chi connectivity index (χ1) is 13.6. The van der Waals surface area contributed by atoms with Crippen molar-refractivity contribution in [3.8, 4) is 0 Å². The summed E-state index contributed by atoms with van der Waals surface area (Å²) in [5, 5.41) is 3.13. The maximum atomic E-state index is 12.8. The van der Waals surface area contributed by atoms with E-state index in [2.05, 4.69) is 37.9 Å². The van der Waals surface area contributed by atoms with Crippen molar-refractivity contribution in [2.24, 2.45) is 11.8 Å². The topological polar surface area (TPSA) is 69.7 Å². The van der Waals surface area contributed by atoms with Crippen molar-refractivity contribution >= 4 is 33.2 Å². The maximum absolute atomic E-state index is 12.8. The highest BCUT2D eigenvalue weighted by Gasteiger charge is 2.27. The van der Waals surface area contributed by atoms with Crippen molar-refractivity contribution in [1.29, 1.82) is 0 Å². The Bertz CT molecular complexity index is 780. The SMILES string of the molecule is CC(C)CN(CCC(=O)Nc1cc(S(=O)(=O)N2CCCC2)ccc1Cl)CC(C)C. The molecule has 0 radical (unpaired) electrons. The minimum atomic E-state index is -3.55. The molecule has 1 aromatic carbocycles. The highest BCUT2D eigenvalue weighted by atomic mass is 35.5. The van der Waals surface area contributed by atoms with Crippen molar-refractivity contribution in [3.63, 3.8) is 0 Å². The Morgan fingerprint density at radius 1 is 1.14 bits per heavy atom. The van der Waals surface area contributed by atoms with Crippen LogP contribution in [0.3, 0.4) is 0 Å². The molecule has 0 aliphatic carbocycles. The van der Waals surface area contributed by atoms with E-state index in [0.717, 1.165) is 25.9 Å². The molecule has 0 aromatic heterocycles. The molecule has 0 saturated carbocycles. The molecule has 0 atom stereocenters. The molecule has 164 valence electrons. The zero-order valence-electron chi connectivity index (χ0n) is 17.9. The summed E-state index contributed by atoms with van der Waals surface area (Å²) in [4.78, 5) is 15.0. The van der Waals surface area contributed by atoms with Gasteiger partial charge in [0.15, 0.2) is 0 Å². The quantitative estimate of drug-likeness (QED) is 0.591. The van der Waals surface area contributed by atoms with Crippen LogP contribution < -0.4 is 5.32 Å². The molecule has 1 saturated heterocycles. The van der Waals surface area contributed by atoms with E-state index in [1.54, 1.807) is 0 Å². The fraction of sp³-hybridized carbons (Fsp3) is 0.667. The Labute approximate surface area is 180 Å². The van der Waals surface area contributed by atoms with Gasteiger partial charge in [0.1, 0.15) is 0 Å². The zero-order valence-corrected chi connectivity index (χ0v) is 19.5. The number of carbonyl (C=O) groups excluding carboxylic acids is 1. The summed E-state index contributed by atoms with van der Waals surface area (Å²) in [5.74, 6) is 0.887.